The third-order valence-electron chi connectivity index (χ3n) is 3.33. The van der Waals surface area contributed by atoms with Crippen molar-refractivity contribution in [3.05, 3.63) is 72.1 Å². The van der Waals surface area contributed by atoms with Gasteiger partial charge >= 0.3 is 0 Å². The van der Waals surface area contributed by atoms with E-state index in [-0.39, 0.29) is 6.04 Å². The van der Waals surface area contributed by atoms with Gasteiger partial charge in [-0.1, -0.05) is 36.4 Å². The van der Waals surface area contributed by atoms with Crippen molar-refractivity contribution in [2.75, 3.05) is 0 Å². The second-order valence-corrected chi connectivity index (χ2v) is 4.60. The summed E-state index contributed by atoms with van der Waals surface area (Å²) in [6.45, 7) is 0. The fourth-order valence-electron chi connectivity index (χ4n) is 2.28. The Morgan fingerprint density at radius 3 is 2.68 bits per heavy atom. The maximum Gasteiger partial charge on any atom is 0.108 e. The zero-order chi connectivity index (χ0) is 13.2. The lowest BCUT2D eigenvalue weighted by molar-refractivity contribution is 0.802. The van der Waals surface area contributed by atoms with E-state index in [1.807, 2.05) is 48.7 Å². The van der Waals surface area contributed by atoms with E-state index in [1.54, 1.807) is 0 Å². The molecule has 94 valence electrons. The number of hydrogen-bond donors (Lipinski definition) is 3. The van der Waals surface area contributed by atoms with Crippen molar-refractivity contribution in [2.24, 2.45) is 5.73 Å². The zero-order valence-corrected chi connectivity index (χ0v) is 10.4. The monoisotopic (exact) mass is 249 g/mol. The molecule has 1 aliphatic rings. The molecule has 19 heavy (non-hydrogen) atoms. The predicted octanol–water partition coefficient (Wildman–Crippen LogP) is 2.54. The fourth-order valence-corrected chi connectivity index (χ4v) is 2.28. The molecule has 3 heteroatoms. The van der Waals surface area contributed by atoms with Gasteiger partial charge in [-0.05, 0) is 40.8 Å². The highest BCUT2D eigenvalue weighted by Gasteiger charge is 2.18. The third-order valence-corrected chi connectivity index (χ3v) is 3.33. The minimum absolute atomic E-state index is 0.244. The molecule has 0 saturated heterocycles. The lowest BCUT2D eigenvalue weighted by atomic mass is 9.97. The number of allylic oxidation sites excluding steroid dienone is 2. The van der Waals surface area contributed by atoms with Crippen LogP contribution in [-0.2, 0) is 0 Å². The quantitative estimate of drug-likeness (QED) is 0.716. The van der Waals surface area contributed by atoms with E-state index < -0.39 is 0 Å². The Kier molecular flexibility index (Phi) is 2.80. The number of rotatable bonds is 2. The summed E-state index contributed by atoms with van der Waals surface area (Å²) in [4.78, 5) is 0. The van der Waals surface area contributed by atoms with Gasteiger partial charge in [0.05, 0.1) is 5.71 Å². The molecule has 1 unspecified atom stereocenters. The fraction of sp³-hybridized carbons (Fsp3) is 0.0625. The molecule has 0 aliphatic carbocycles. The molecule has 0 fully saturated rings. The van der Waals surface area contributed by atoms with Crippen LogP contribution < -0.4 is 11.1 Å². The molecule has 0 spiro atoms. The van der Waals surface area contributed by atoms with Crippen LogP contribution in [-0.4, -0.2) is 11.8 Å². The molecular formula is C16H15N3. The molecule has 0 aromatic heterocycles. The SMILES string of the molecule is N=C(c1ccc2ccccc2c1)C1NC=CC=C1N. The molecule has 0 saturated carbocycles. The lowest BCUT2D eigenvalue weighted by Crippen LogP contribution is -2.39. The molecule has 0 amide bonds. The number of benzene rings is 2. The van der Waals surface area contributed by atoms with E-state index in [4.69, 9.17) is 11.1 Å². The molecule has 1 atom stereocenters. The highest BCUT2D eigenvalue weighted by Crippen LogP contribution is 2.18. The number of nitrogens with one attached hydrogen (secondary N) is 2. The van der Waals surface area contributed by atoms with E-state index in [0.29, 0.717) is 11.4 Å². The molecule has 3 nitrogen and oxygen atoms in total. The first-order valence-electron chi connectivity index (χ1n) is 6.21. The van der Waals surface area contributed by atoms with Crippen LogP contribution in [0, 0.1) is 5.41 Å². The van der Waals surface area contributed by atoms with Crippen molar-refractivity contribution in [1.82, 2.24) is 5.32 Å². The number of nitrogens with two attached hydrogens (primary N) is 1. The first kappa shape index (κ1) is 11.5. The van der Waals surface area contributed by atoms with Crippen LogP contribution in [0.4, 0.5) is 0 Å². The van der Waals surface area contributed by atoms with Gasteiger partial charge in [-0.15, -0.1) is 0 Å². The minimum Gasteiger partial charge on any atom is -0.400 e. The smallest absolute Gasteiger partial charge is 0.108 e. The second-order valence-electron chi connectivity index (χ2n) is 4.60. The maximum absolute atomic E-state index is 8.31. The summed E-state index contributed by atoms with van der Waals surface area (Å²) in [7, 11) is 0. The lowest BCUT2D eigenvalue weighted by Gasteiger charge is -2.21. The minimum atomic E-state index is -0.244. The van der Waals surface area contributed by atoms with Gasteiger partial charge in [-0.2, -0.15) is 0 Å². The number of fused-ring (bicyclic) bond motifs is 1. The average molecular weight is 249 g/mol. The van der Waals surface area contributed by atoms with Crippen LogP contribution in [0.5, 0.6) is 0 Å². The summed E-state index contributed by atoms with van der Waals surface area (Å²) in [5.74, 6) is 0. The Balaban J connectivity index is 1.98. The van der Waals surface area contributed by atoms with Crippen molar-refractivity contribution >= 4 is 16.5 Å². The average Bonchev–Trinajstić information content (AvgIpc) is 2.46. The zero-order valence-electron chi connectivity index (χ0n) is 10.4. The summed E-state index contributed by atoms with van der Waals surface area (Å²) in [5, 5.41) is 13.7. The van der Waals surface area contributed by atoms with Crippen LogP contribution >= 0.6 is 0 Å². The molecule has 1 heterocycles. The van der Waals surface area contributed by atoms with Crippen LogP contribution in [0.3, 0.4) is 0 Å². The highest BCUT2D eigenvalue weighted by molar-refractivity contribution is 6.06. The first-order chi connectivity index (χ1) is 9.25. The van der Waals surface area contributed by atoms with Gasteiger partial charge in [-0.3, -0.25) is 0 Å². The molecule has 2 aromatic carbocycles. The van der Waals surface area contributed by atoms with Crippen LogP contribution in [0.2, 0.25) is 0 Å². The van der Waals surface area contributed by atoms with Gasteiger partial charge in [0.1, 0.15) is 6.04 Å². The predicted molar refractivity (Wildman–Crippen MR) is 79.1 cm³/mol. The molecular weight excluding hydrogens is 234 g/mol. The van der Waals surface area contributed by atoms with Gasteiger partial charge in [0.2, 0.25) is 0 Å². The van der Waals surface area contributed by atoms with Crippen LogP contribution in [0.25, 0.3) is 10.8 Å². The molecule has 4 N–H and O–H groups in total. The molecule has 1 aliphatic heterocycles. The Morgan fingerprint density at radius 1 is 1.11 bits per heavy atom. The Morgan fingerprint density at radius 2 is 1.89 bits per heavy atom. The summed E-state index contributed by atoms with van der Waals surface area (Å²) in [5.41, 5.74) is 7.98. The Labute approximate surface area is 111 Å². The molecule has 0 radical (unpaired) electrons. The van der Waals surface area contributed by atoms with Crippen molar-refractivity contribution in [3.63, 3.8) is 0 Å². The van der Waals surface area contributed by atoms with Crippen LogP contribution in [0.1, 0.15) is 5.56 Å². The Hall–Kier alpha value is -2.55. The standard InChI is InChI=1S/C16H15N3/c17-14-6-3-9-19-16(14)15(18)13-8-7-11-4-1-2-5-12(11)10-13/h1-10,16,18-19H,17H2. The van der Waals surface area contributed by atoms with Gasteiger partial charge < -0.3 is 16.5 Å². The van der Waals surface area contributed by atoms with Crippen molar-refractivity contribution < 1.29 is 0 Å². The van der Waals surface area contributed by atoms with E-state index in [2.05, 4.69) is 17.4 Å². The highest BCUT2D eigenvalue weighted by atomic mass is 14.9. The molecule has 2 aromatic rings. The molecule has 3 rings (SSSR count). The maximum atomic E-state index is 8.31. The van der Waals surface area contributed by atoms with E-state index in [9.17, 15) is 0 Å². The summed E-state index contributed by atoms with van der Waals surface area (Å²) in [6.07, 6.45) is 5.49. The van der Waals surface area contributed by atoms with Crippen molar-refractivity contribution in [2.45, 2.75) is 6.04 Å². The van der Waals surface area contributed by atoms with E-state index in [1.165, 1.54) is 5.39 Å². The topological polar surface area (TPSA) is 61.9 Å². The second kappa shape index (κ2) is 4.61. The molecule has 0 bridgehead atoms. The largest absolute Gasteiger partial charge is 0.400 e. The number of hydrogen-bond acceptors (Lipinski definition) is 3. The van der Waals surface area contributed by atoms with Gasteiger partial charge in [0.25, 0.3) is 0 Å². The summed E-state index contributed by atoms with van der Waals surface area (Å²) in [6, 6.07) is 13.9. The first-order valence-corrected chi connectivity index (χ1v) is 6.21. The van der Waals surface area contributed by atoms with Crippen molar-refractivity contribution in [1.29, 1.82) is 5.41 Å². The van der Waals surface area contributed by atoms with E-state index in [0.717, 1.165) is 10.9 Å². The van der Waals surface area contributed by atoms with Gasteiger partial charge in [0, 0.05) is 5.70 Å². The van der Waals surface area contributed by atoms with E-state index >= 15 is 0 Å². The van der Waals surface area contributed by atoms with Gasteiger partial charge in [0.15, 0.2) is 0 Å². The van der Waals surface area contributed by atoms with Gasteiger partial charge in [-0.25, -0.2) is 0 Å². The number of dihydropyridines is 1. The third kappa shape index (κ3) is 2.10. The van der Waals surface area contributed by atoms with Crippen LogP contribution in [0.15, 0.2) is 66.5 Å². The normalized spacial score (nSPS) is 17.9. The summed E-state index contributed by atoms with van der Waals surface area (Å²) >= 11 is 0. The van der Waals surface area contributed by atoms with Crippen molar-refractivity contribution in [3.8, 4) is 0 Å². The Bertz CT molecular complexity index is 698. The summed E-state index contributed by atoms with van der Waals surface area (Å²) < 4.78 is 0.